The molecule has 1 amide bonds. The largest absolute Gasteiger partial charge is 0.349 e. The molecule has 1 atom stereocenters. The number of tetrazole rings is 1. The third-order valence-corrected chi connectivity index (χ3v) is 5.28. The lowest BCUT2D eigenvalue weighted by Gasteiger charge is -2.14. The molecule has 0 aliphatic heterocycles. The first kappa shape index (κ1) is 17.6. The Kier molecular flexibility index (Phi) is 5.77. The predicted molar refractivity (Wildman–Crippen MR) is 94.9 cm³/mol. The van der Waals surface area contributed by atoms with E-state index in [1.807, 2.05) is 24.4 Å². The number of halogens is 1. The molecule has 0 radical (unpaired) electrons. The number of hydrogen-bond donors (Lipinski definition) is 1. The second-order valence-corrected chi connectivity index (χ2v) is 7.30. The van der Waals surface area contributed by atoms with Gasteiger partial charge in [0.15, 0.2) is 0 Å². The van der Waals surface area contributed by atoms with Crippen molar-refractivity contribution in [3.63, 3.8) is 0 Å². The van der Waals surface area contributed by atoms with Crippen LogP contribution in [0.15, 0.2) is 46.9 Å². The van der Waals surface area contributed by atoms with Crippen molar-refractivity contribution >= 4 is 29.0 Å². The summed E-state index contributed by atoms with van der Waals surface area (Å²) in [6.07, 6.45) is 0. The summed E-state index contributed by atoms with van der Waals surface area (Å²) in [6.45, 7) is 2.44. The summed E-state index contributed by atoms with van der Waals surface area (Å²) in [4.78, 5) is 13.3. The molecule has 130 valence electrons. The highest BCUT2D eigenvalue weighted by atomic mass is 32.2. The van der Waals surface area contributed by atoms with Gasteiger partial charge in [-0.05, 0) is 46.5 Å². The fourth-order valence-electron chi connectivity index (χ4n) is 2.20. The highest BCUT2D eigenvalue weighted by Crippen LogP contribution is 2.18. The Morgan fingerprint density at radius 1 is 1.36 bits per heavy atom. The van der Waals surface area contributed by atoms with E-state index in [4.69, 9.17) is 0 Å². The fourth-order valence-corrected chi connectivity index (χ4v) is 3.57. The van der Waals surface area contributed by atoms with Crippen molar-refractivity contribution in [2.45, 2.75) is 24.7 Å². The van der Waals surface area contributed by atoms with Crippen molar-refractivity contribution in [3.8, 4) is 0 Å². The molecular weight excluding hydrogens is 361 g/mol. The monoisotopic (exact) mass is 377 g/mol. The van der Waals surface area contributed by atoms with Gasteiger partial charge >= 0.3 is 0 Å². The third kappa shape index (κ3) is 4.86. The zero-order valence-corrected chi connectivity index (χ0v) is 15.1. The van der Waals surface area contributed by atoms with Gasteiger partial charge in [-0.1, -0.05) is 30.0 Å². The molecule has 1 aromatic carbocycles. The first-order chi connectivity index (χ1) is 12.1. The van der Waals surface area contributed by atoms with Crippen molar-refractivity contribution in [1.29, 1.82) is 0 Å². The standard InChI is InChI=1S/C16H16FN5OS2/c1-11(12-4-6-13(17)7-5-12)18-15(23)10-25-16-19-20-21-22(16)9-14-3-2-8-24-14/h2-8,11H,9-10H2,1H3,(H,18,23). The number of thiophene rings is 1. The van der Waals surface area contributed by atoms with Gasteiger partial charge in [-0.25, -0.2) is 9.07 Å². The fraction of sp³-hybridized carbons (Fsp3) is 0.250. The lowest BCUT2D eigenvalue weighted by atomic mass is 10.1. The molecule has 2 heterocycles. The maximum atomic E-state index is 13.0. The summed E-state index contributed by atoms with van der Waals surface area (Å²) < 4.78 is 14.6. The van der Waals surface area contributed by atoms with Crippen LogP contribution in [0.5, 0.6) is 0 Å². The van der Waals surface area contributed by atoms with E-state index in [9.17, 15) is 9.18 Å². The van der Waals surface area contributed by atoms with E-state index in [0.29, 0.717) is 11.7 Å². The Morgan fingerprint density at radius 2 is 2.16 bits per heavy atom. The minimum absolute atomic E-state index is 0.132. The van der Waals surface area contributed by atoms with E-state index >= 15 is 0 Å². The smallest absolute Gasteiger partial charge is 0.230 e. The Hall–Kier alpha value is -2.26. The average molecular weight is 377 g/mol. The molecule has 0 fully saturated rings. The number of amides is 1. The van der Waals surface area contributed by atoms with E-state index in [1.54, 1.807) is 28.2 Å². The molecule has 6 nitrogen and oxygen atoms in total. The number of carbonyl (C=O) groups is 1. The van der Waals surface area contributed by atoms with Crippen LogP contribution in [0.1, 0.15) is 23.4 Å². The van der Waals surface area contributed by atoms with E-state index in [0.717, 1.165) is 10.4 Å². The van der Waals surface area contributed by atoms with Crippen LogP contribution in [0.4, 0.5) is 4.39 Å². The van der Waals surface area contributed by atoms with Gasteiger partial charge in [-0.3, -0.25) is 4.79 Å². The molecule has 25 heavy (non-hydrogen) atoms. The van der Waals surface area contributed by atoms with Gasteiger partial charge in [0.05, 0.1) is 18.3 Å². The number of hydrogen-bond acceptors (Lipinski definition) is 6. The molecule has 0 aliphatic rings. The molecule has 3 rings (SSSR count). The number of benzene rings is 1. The van der Waals surface area contributed by atoms with Crippen LogP contribution < -0.4 is 5.32 Å². The average Bonchev–Trinajstić information content (AvgIpc) is 3.26. The van der Waals surface area contributed by atoms with Gasteiger partial charge in [0, 0.05) is 4.88 Å². The molecule has 0 saturated carbocycles. The highest BCUT2D eigenvalue weighted by molar-refractivity contribution is 7.99. The molecule has 0 aliphatic carbocycles. The maximum absolute atomic E-state index is 13.0. The molecule has 0 saturated heterocycles. The normalized spacial score (nSPS) is 12.1. The predicted octanol–water partition coefficient (Wildman–Crippen LogP) is 2.89. The van der Waals surface area contributed by atoms with Crippen LogP contribution in [-0.4, -0.2) is 31.9 Å². The van der Waals surface area contributed by atoms with Gasteiger partial charge in [-0.2, -0.15) is 0 Å². The van der Waals surface area contributed by atoms with E-state index in [-0.39, 0.29) is 23.5 Å². The lowest BCUT2D eigenvalue weighted by molar-refractivity contribution is -0.119. The Balaban J connectivity index is 1.52. The van der Waals surface area contributed by atoms with E-state index < -0.39 is 0 Å². The minimum Gasteiger partial charge on any atom is -0.349 e. The van der Waals surface area contributed by atoms with Crippen LogP contribution in [0, 0.1) is 5.82 Å². The van der Waals surface area contributed by atoms with Crippen molar-refractivity contribution in [2.75, 3.05) is 5.75 Å². The minimum atomic E-state index is -0.296. The molecule has 1 unspecified atom stereocenters. The second-order valence-electron chi connectivity index (χ2n) is 5.33. The summed E-state index contributed by atoms with van der Waals surface area (Å²) in [5.74, 6) is -0.223. The molecular formula is C16H16FN5OS2. The number of nitrogens with zero attached hydrogens (tertiary/aromatic N) is 4. The molecule has 9 heteroatoms. The number of carbonyl (C=O) groups excluding carboxylic acids is 1. The summed E-state index contributed by atoms with van der Waals surface area (Å²) in [7, 11) is 0. The first-order valence-corrected chi connectivity index (χ1v) is 9.44. The summed E-state index contributed by atoms with van der Waals surface area (Å²) in [6, 6.07) is 9.87. The quantitative estimate of drug-likeness (QED) is 0.641. The van der Waals surface area contributed by atoms with E-state index in [1.165, 1.54) is 23.9 Å². The van der Waals surface area contributed by atoms with Gasteiger partial charge < -0.3 is 5.32 Å². The van der Waals surface area contributed by atoms with Gasteiger partial charge in [-0.15, -0.1) is 16.4 Å². The Labute approximate surface area is 152 Å². The number of thioether (sulfide) groups is 1. The number of rotatable bonds is 7. The highest BCUT2D eigenvalue weighted by Gasteiger charge is 2.13. The van der Waals surface area contributed by atoms with Crippen molar-refractivity contribution in [1.82, 2.24) is 25.5 Å². The van der Waals surface area contributed by atoms with Crippen LogP contribution >= 0.6 is 23.1 Å². The van der Waals surface area contributed by atoms with Gasteiger partial charge in [0.1, 0.15) is 5.82 Å². The van der Waals surface area contributed by atoms with Crippen molar-refractivity contribution in [2.24, 2.45) is 0 Å². The van der Waals surface area contributed by atoms with Crippen molar-refractivity contribution in [3.05, 3.63) is 58.0 Å². The maximum Gasteiger partial charge on any atom is 0.230 e. The Morgan fingerprint density at radius 3 is 2.88 bits per heavy atom. The van der Waals surface area contributed by atoms with Gasteiger partial charge in [0.25, 0.3) is 0 Å². The first-order valence-electron chi connectivity index (χ1n) is 7.58. The van der Waals surface area contributed by atoms with Crippen molar-refractivity contribution < 1.29 is 9.18 Å². The number of aromatic nitrogens is 4. The van der Waals surface area contributed by atoms with Crippen LogP contribution in [0.3, 0.4) is 0 Å². The van der Waals surface area contributed by atoms with Gasteiger partial charge in [0.2, 0.25) is 11.1 Å². The molecule has 3 aromatic rings. The van der Waals surface area contributed by atoms with Crippen LogP contribution in [-0.2, 0) is 11.3 Å². The molecule has 2 aromatic heterocycles. The van der Waals surface area contributed by atoms with Crippen LogP contribution in [0.25, 0.3) is 0 Å². The molecule has 0 bridgehead atoms. The Bertz CT molecular complexity index is 819. The van der Waals surface area contributed by atoms with Crippen LogP contribution in [0.2, 0.25) is 0 Å². The topological polar surface area (TPSA) is 72.7 Å². The zero-order valence-electron chi connectivity index (χ0n) is 13.4. The van der Waals surface area contributed by atoms with E-state index in [2.05, 4.69) is 20.8 Å². The summed E-state index contributed by atoms with van der Waals surface area (Å²) >= 11 is 2.91. The third-order valence-electron chi connectivity index (χ3n) is 3.46. The second kappa shape index (κ2) is 8.21. The lowest BCUT2D eigenvalue weighted by Crippen LogP contribution is -2.28. The summed E-state index contributed by atoms with van der Waals surface area (Å²) in [5.41, 5.74) is 0.849. The summed E-state index contributed by atoms with van der Waals surface area (Å²) in [5, 5.41) is 17.1. The molecule has 1 N–H and O–H groups in total. The molecule has 0 spiro atoms. The SMILES string of the molecule is CC(NC(=O)CSc1nnnn1Cc1cccs1)c1ccc(F)cc1. The number of nitrogens with one attached hydrogen (secondary N) is 1. The zero-order chi connectivity index (χ0) is 17.6.